The molecule has 1 fully saturated rings. The average Bonchev–Trinajstić information content (AvgIpc) is 3.05. The molecule has 0 aliphatic heterocycles. The SMILES string of the molecule is O=S(=O)(O)OC1(Nc2ccccc2)CCCCC1n1ncc2ccccc21. The normalized spacial score (nSPS) is 23.4. The average molecular weight is 387 g/mol. The number of nitrogens with zero attached hydrogens (tertiary/aromatic N) is 2. The number of nitrogens with one attached hydrogen (secondary N) is 1. The van der Waals surface area contributed by atoms with Gasteiger partial charge in [-0.15, -0.1) is 0 Å². The standard InChI is InChI=1S/C19H21N3O4S/c23-27(24,25)26-19(21-16-9-2-1-3-10-16)13-7-6-12-18(19)22-17-11-5-4-8-15(17)14-20-22/h1-5,8-11,14,18,21H,6-7,12-13H2,(H,23,24,25). The molecule has 27 heavy (non-hydrogen) atoms. The van der Waals surface area contributed by atoms with Crippen molar-refractivity contribution in [3.05, 3.63) is 60.8 Å². The smallest absolute Gasteiger partial charge is 0.355 e. The molecule has 0 radical (unpaired) electrons. The van der Waals surface area contributed by atoms with Gasteiger partial charge < -0.3 is 5.32 Å². The van der Waals surface area contributed by atoms with Crippen molar-refractivity contribution in [1.82, 2.24) is 9.78 Å². The van der Waals surface area contributed by atoms with E-state index in [0.29, 0.717) is 18.5 Å². The Hall–Kier alpha value is -2.42. The summed E-state index contributed by atoms with van der Waals surface area (Å²) >= 11 is 0. The molecule has 0 amide bonds. The Labute approximate surface area is 157 Å². The number of para-hydroxylation sites is 2. The first-order chi connectivity index (χ1) is 13.0. The summed E-state index contributed by atoms with van der Waals surface area (Å²) in [5.74, 6) is 0. The molecule has 0 saturated heterocycles. The first kappa shape index (κ1) is 18.0. The van der Waals surface area contributed by atoms with E-state index in [1.165, 1.54) is 0 Å². The summed E-state index contributed by atoms with van der Waals surface area (Å²) in [6.07, 6.45) is 4.52. The molecule has 1 saturated carbocycles. The Balaban J connectivity index is 1.83. The van der Waals surface area contributed by atoms with Crippen LogP contribution in [-0.4, -0.2) is 28.5 Å². The number of rotatable bonds is 5. The first-order valence-electron chi connectivity index (χ1n) is 8.90. The Morgan fingerprint density at radius 1 is 1.11 bits per heavy atom. The molecule has 7 nitrogen and oxygen atoms in total. The summed E-state index contributed by atoms with van der Waals surface area (Å²) in [7, 11) is -4.68. The van der Waals surface area contributed by atoms with Gasteiger partial charge in [-0.3, -0.25) is 9.23 Å². The van der Waals surface area contributed by atoms with Gasteiger partial charge in [0.05, 0.1) is 11.7 Å². The fourth-order valence-electron chi connectivity index (χ4n) is 3.90. The maximum Gasteiger partial charge on any atom is 0.399 e. The Morgan fingerprint density at radius 3 is 2.63 bits per heavy atom. The summed E-state index contributed by atoms with van der Waals surface area (Å²) in [6, 6.07) is 16.6. The molecule has 2 N–H and O–H groups in total. The molecular formula is C19H21N3O4S. The van der Waals surface area contributed by atoms with Crippen LogP contribution in [0, 0.1) is 0 Å². The largest absolute Gasteiger partial charge is 0.399 e. The Bertz CT molecular complexity index is 1040. The van der Waals surface area contributed by atoms with Crippen molar-refractivity contribution in [2.24, 2.45) is 0 Å². The molecule has 0 bridgehead atoms. The molecule has 2 atom stereocenters. The summed E-state index contributed by atoms with van der Waals surface area (Å²) in [5, 5.41) is 8.70. The van der Waals surface area contributed by atoms with Crippen LogP contribution in [-0.2, 0) is 14.6 Å². The second-order valence-electron chi connectivity index (χ2n) is 6.80. The maximum atomic E-state index is 11.7. The molecule has 1 heterocycles. The van der Waals surface area contributed by atoms with E-state index in [9.17, 15) is 13.0 Å². The van der Waals surface area contributed by atoms with Crippen molar-refractivity contribution >= 4 is 27.0 Å². The number of aromatic nitrogens is 2. The van der Waals surface area contributed by atoms with E-state index < -0.39 is 22.2 Å². The van der Waals surface area contributed by atoms with Gasteiger partial charge in [-0.2, -0.15) is 13.5 Å². The number of anilines is 1. The van der Waals surface area contributed by atoms with E-state index in [2.05, 4.69) is 10.4 Å². The molecule has 2 unspecified atom stereocenters. The molecule has 8 heteroatoms. The number of hydrogen-bond acceptors (Lipinski definition) is 5. The van der Waals surface area contributed by atoms with Gasteiger partial charge in [-0.05, 0) is 37.5 Å². The van der Waals surface area contributed by atoms with E-state index in [4.69, 9.17) is 4.18 Å². The van der Waals surface area contributed by atoms with Crippen LogP contribution < -0.4 is 5.32 Å². The molecule has 0 spiro atoms. The summed E-state index contributed by atoms with van der Waals surface area (Å²) in [6.45, 7) is 0. The van der Waals surface area contributed by atoms with E-state index in [1.807, 2.05) is 54.6 Å². The molecule has 1 aliphatic rings. The maximum absolute atomic E-state index is 11.7. The fraction of sp³-hybridized carbons (Fsp3) is 0.316. The summed E-state index contributed by atoms with van der Waals surface area (Å²) < 4.78 is 40.1. The molecule has 2 aromatic carbocycles. The quantitative estimate of drug-likeness (QED) is 0.511. The zero-order valence-corrected chi connectivity index (χ0v) is 15.5. The highest BCUT2D eigenvalue weighted by molar-refractivity contribution is 7.80. The highest BCUT2D eigenvalue weighted by Gasteiger charge is 2.47. The molecular weight excluding hydrogens is 366 g/mol. The summed E-state index contributed by atoms with van der Waals surface area (Å²) in [4.78, 5) is 0. The topological polar surface area (TPSA) is 93.5 Å². The van der Waals surface area contributed by atoms with Crippen molar-refractivity contribution in [1.29, 1.82) is 0 Å². The second-order valence-corrected chi connectivity index (χ2v) is 7.82. The van der Waals surface area contributed by atoms with Gasteiger partial charge in [-0.1, -0.05) is 42.8 Å². The zero-order chi connectivity index (χ0) is 18.9. The highest BCUT2D eigenvalue weighted by atomic mass is 32.3. The highest BCUT2D eigenvalue weighted by Crippen LogP contribution is 2.42. The van der Waals surface area contributed by atoms with Crippen LogP contribution in [0.4, 0.5) is 5.69 Å². The van der Waals surface area contributed by atoms with E-state index >= 15 is 0 Å². The summed E-state index contributed by atoms with van der Waals surface area (Å²) in [5.41, 5.74) is 0.272. The third kappa shape index (κ3) is 3.69. The number of benzene rings is 2. The van der Waals surface area contributed by atoms with Crippen molar-refractivity contribution in [3.8, 4) is 0 Å². The van der Waals surface area contributed by atoms with Crippen LogP contribution in [0.2, 0.25) is 0 Å². The lowest BCUT2D eigenvalue weighted by molar-refractivity contribution is 0.00128. The molecule has 3 aromatic rings. The Morgan fingerprint density at radius 2 is 1.85 bits per heavy atom. The zero-order valence-electron chi connectivity index (χ0n) is 14.7. The molecule has 1 aliphatic carbocycles. The number of fused-ring (bicyclic) bond motifs is 1. The van der Waals surface area contributed by atoms with Crippen LogP contribution >= 0.6 is 0 Å². The van der Waals surface area contributed by atoms with Crippen LogP contribution in [0.25, 0.3) is 10.9 Å². The monoisotopic (exact) mass is 387 g/mol. The van der Waals surface area contributed by atoms with Crippen molar-refractivity contribution in [2.45, 2.75) is 37.5 Å². The number of hydrogen-bond donors (Lipinski definition) is 2. The lowest BCUT2D eigenvalue weighted by Gasteiger charge is -2.43. The van der Waals surface area contributed by atoms with Crippen LogP contribution in [0.1, 0.15) is 31.7 Å². The molecule has 4 rings (SSSR count). The van der Waals surface area contributed by atoms with Crippen molar-refractivity contribution in [3.63, 3.8) is 0 Å². The lowest BCUT2D eigenvalue weighted by Crippen LogP contribution is -2.52. The second kappa shape index (κ2) is 6.95. The van der Waals surface area contributed by atoms with Crippen LogP contribution in [0.15, 0.2) is 60.8 Å². The predicted molar refractivity (Wildman–Crippen MR) is 103 cm³/mol. The fourth-order valence-corrected chi connectivity index (χ4v) is 4.51. The van der Waals surface area contributed by atoms with Crippen molar-refractivity contribution < 1.29 is 17.2 Å². The minimum absolute atomic E-state index is 0.409. The third-order valence-electron chi connectivity index (χ3n) is 5.00. The van der Waals surface area contributed by atoms with Gasteiger partial charge in [0, 0.05) is 11.1 Å². The van der Waals surface area contributed by atoms with Gasteiger partial charge in [0.15, 0.2) is 5.72 Å². The van der Waals surface area contributed by atoms with E-state index in [1.54, 1.807) is 10.9 Å². The van der Waals surface area contributed by atoms with Gasteiger partial charge in [0.25, 0.3) is 0 Å². The first-order valence-corrected chi connectivity index (χ1v) is 10.3. The predicted octanol–water partition coefficient (Wildman–Crippen LogP) is 3.78. The molecule has 142 valence electrons. The van der Waals surface area contributed by atoms with Crippen molar-refractivity contribution in [2.75, 3.05) is 5.32 Å². The minimum Gasteiger partial charge on any atom is -0.355 e. The Kier molecular flexibility index (Phi) is 4.63. The minimum atomic E-state index is -4.68. The van der Waals surface area contributed by atoms with Gasteiger partial charge in [0.2, 0.25) is 0 Å². The van der Waals surface area contributed by atoms with Gasteiger partial charge in [-0.25, -0.2) is 4.18 Å². The van der Waals surface area contributed by atoms with Gasteiger partial charge >= 0.3 is 10.4 Å². The third-order valence-corrected chi connectivity index (χ3v) is 5.51. The van der Waals surface area contributed by atoms with Crippen LogP contribution in [0.3, 0.4) is 0 Å². The molecule has 1 aromatic heterocycles. The van der Waals surface area contributed by atoms with Crippen LogP contribution in [0.5, 0.6) is 0 Å². The van der Waals surface area contributed by atoms with Gasteiger partial charge in [0.1, 0.15) is 6.04 Å². The van der Waals surface area contributed by atoms with E-state index in [0.717, 1.165) is 23.7 Å². The van der Waals surface area contributed by atoms with E-state index in [-0.39, 0.29) is 0 Å². The lowest BCUT2D eigenvalue weighted by atomic mass is 9.86.